The Labute approximate surface area is 136 Å². The van der Waals surface area contributed by atoms with Crippen LogP contribution in [0.4, 0.5) is 0 Å². The Balaban J connectivity index is 1.37. The smallest absolute Gasteiger partial charge is 0.243 e. The van der Waals surface area contributed by atoms with Gasteiger partial charge in [0.1, 0.15) is 5.75 Å². The largest absolute Gasteiger partial charge is 0.508 e. The number of nitrogens with zero attached hydrogens (tertiary/aromatic N) is 3. The van der Waals surface area contributed by atoms with Crippen LogP contribution in [0.5, 0.6) is 5.75 Å². The Hall–Kier alpha value is -1.88. The number of phenols is 1. The van der Waals surface area contributed by atoms with Gasteiger partial charge in [0.2, 0.25) is 5.89 Å². The van der Waals surface area contributed by atoms with Crippen molar-refractivity contribution in [2.75, 3.05) is 13.1 Å². The third-order valence-electron chi connectivity index (χ3n) is 5.20. The Morgan fingerprint density at radius 1 is 1.09 bits per heavy atom. The van der Waals surface area contributed by atoms with Crippen molar-refractivity contribution in [2.45, 2.75) is 50.5 Å². The molecule has 0 bridgehead atoms. The molecule has 2 aromatic rings. The molecule has 2 aliphatic rings. The molecule has 1 aromatic heterocycles. The number of benzene rings is 1. The molecule has 0 radical (unpaired) electrons. The maximum atomic E-state index is 9.41. The van der Waals surface area contributed by atoms with Gasteiger partial charge in [-0.15, -0.1) is 0 Å². The van der Waals surface area contributed by atoms with Crippen molar-refractivity contribution in [1.29, 1.82) is 0 Å². The van der Waals surface area contributed by atoms with E-state index in [0.717, 1.165) is 37.6 Å². The monoisotopic (exact) mass is 313 g/mol. The van der Waals surface area contributed by atoms with Crippen molar-refractivity contribution in [3.05, 3.63) is 41.5 Å². The zero-order valence-corrected chi connectivity index (χ0v) is 13.5. The Kier molecular flexibility index (Phi) is 3.81. The van der Waals surface area contributed by atoms with Gasteiger partial charge in [0, 0.05) is 5.92 Å². The fraction of sp³-hybridized carbons (Fsp3) is 0.556. The second kappa shape index (κ2) is 5.96. The number of aromatic hydroxyl groups is 1. The zero-order chi connectivity index (χ0) is 15.8. The number of rotatable bonds is 4. The van der Waals surface area contributed by atoms with E-state index in [9.17, 15) is 5.11 Å². The lowest BCUT2D eigenvalue weighted by atomic mass is 9.89. The minimum atomic E-state index is 0.191. The number of piperidine rings is 1. The summed E-state index contributed by atoms with van der Waals surface area (Å²) in [5, 5.41) is 13.5. The Bertz CT molecular complexity index is 655. The first kappa shape index (κ1) is 14.7. The van der Waals surface area contributed by atoms with E-state index in [1.165, 1.54) is 18.4 Å². The SMILES string of the molecule is CC(c1nc(C2CC2)no1)N1CCC(c2ccc(O)cc2)CC1. The van der Waals surface area contributed by atoms with Gasteiger partial charge in [-0.05, 0) is 69.3 Å². The highest BCUT2D eigenvalue weighted by Crippen LogP contribution is 2.39. The molecule has 1 saturated carbocycles. The standard InChI is InChI=1S/C18H23N3O2/c1-12(18-19-17(20-23-18)15-2-3-15)21-10-8-14(9-11-21)13-4-6-16(22)7-5-13/h4-7,12,14-15,22H,2-3,8-11H2,1H3. The van der Waals surface area contributed by atoms with Crippen molar-refractivity contribution < 1.29 is 9.63 Å². The van der Waals surface area contributed by atoms with Gasteiger partial charge >= 0.3 is 0 Å². The summed E-state index contributed by atoms with van der Waals surface area (Å²) in [7, 11) is 0. The van der Waals surface area contributed by atoms with Crippen molar-refractivity contribution in [3.63, 3.8) is 0 Å². The van der Waals surface area contributed by atoms with E-state index in [1.54, 1.807) is 12.1 Å². The number of hydrogen-bond acceptors (Lipinski definition) is 5. The summed E-state index contributed by atoms with van der Waals surface area (Å²) in [5.41, 5.74) is 1.32. The Morgan fingerprint density at radius 3 is 2.43 bits per heavy atom. The highest BCUT2D eigenvalue weighted by molar-refractivity contribution is 5.28. The summed E-state index contributed by atoms with van der Waals surface area (Å²) in [6.45, 7) is 4.23. The fourth-order valence-electron chi connectivity index (χ4n) is 3.45. The number of aromatic nitrogens is 2. The first-order chi connectivity index (χ1) is 11.2. The molecule has 122 valence electrons. The van der Waals surface area contributed by atoms with Crippen LogP contribution in [0.25, 0.3) is 0 Å². The van der Waals surface area contributed by atoms with E-state index in [0.29, 0.717) is 17.6 Å². The molecular formula is C18H23N3O2. The molecule has 23 heavy (non-hydrogen) atoms. The molecule has 1 atom stereocenters. The summed E-state index contributed by atoms with van der Waals surface area (Å²) in [4.78, 5) is 7.02. The minimum absolute atomic E-state index is 0.191. The fourth-order valence-corrected chi connectivity index (χ4v) is 3.45. The molecule has 5 nitrogen and oxygen atoms in total. The van der Waals surface area contributed by atoms with E-state index in [1.807, 2.05) is 12.1 Å². The van der Waals surface area contributed by atoms with Gasteiger partial charge in [-0.2, -0.15) is 4.98 Å². The van der Waals surface area contributed by atoms with Gasteiger partial charge in [-0.25, -0.2) is 0 Å². The number of phenolic OH excluding ortho intramolecular Hbond substituents is 1. The molecule has 1 N–H and O–H groups in total. The highest BCUT2D eigenvalue weighted by atomic mass is 16.5. The molecule has 0 spiro atoms. The second-order valence-corrected chi connectivity index (χ2v) is 6.84. The van der Waals surface area contributed by atoms with Crippen LogP contribution in [0, 0.1) is 0 Å². The van der Waals surface area contributed by atoms with Crippen molar-refractivity contribution in [1.82, 2.24) is 15.0 Å². The van der Waals surface area contributed by atoms with Crippen LogP contribution in [0.3, 0.4) is 0 Å². The van der Waals surface area contributed by atoms with E-state index >= 15 is 0 Å². The third kappa shape index (κ3) is 3.11. The summed E-state index contributed by atoms with van der Waals surface area (Å²) in [6, 6.07) is 7.83. The minimum Gasteiger partial charge on any atom is -0.508 e. The summed E-state index contributed by atoms with van der Waals surface area (Å²) < 4.78 is 5.48. The van der Waals surface area contributed by atoms with Gasteiger partial charge in [-0.3, -0.25) is 4.90 Å². The van der Waals surface area contributed by atoms with Gasteiger partial charge in [-0.1, -0.05) is 17.3 Å². The molecule has 2 fully saturated rings. The predicted molar refractivity (Wildman–Crippen MR) is 86.3 cm³/mol. The molecule has 1 aliphatic carbocycles. The van der Waals surface area contributed by atoms with Gasteiger partial charge < -0.3 is 9.63 Å². The van der Waals surface area contributed by atoms with Crippen LogP contribution in [0.15, 0.2) is 28.8 Å². The average Bonchev–Trinajstić information content (AvgIpc) is 3.32. The normalized spacial score (nSPS) is 21.4. The van der Waals surface area contributed by atoms with Gasteiger partial charge in [0.05, 0.1) is 6.04 Å². The lowest BCUT2D eigenvalue weighted by molar-refractivity contribution is 0.136. The average molecular weight is 313 g/mol. The quantitative estimate of drug-likeness (QED) is 0.934. The van der Waals surface area contributed by atoms with E-state index in [2.05, 4.69) is 22.0 Å². The third-order valence-corrected chi connectivity index (χ3v) is 5.20. The van der Waals surface area contributed by atoms with Crippen molar-refractivity contribution in [2.24, 2.45) is 0 Å². The molecule has 0 amide bonds. The molecule has 2 heterocycles. The van der Waals surface area contributed by atoms with Gasteiger partial charge in [0.15, 0.2) is 5.82 Å². The zero-order valence-electron chi connectivity index (χ0n) is 13.5. The molecular weight excluding hydrogens is 290 g/mol. The van der Waals surface area contributed by atoms with Crippen molar-refractivity contribution >= 4 is 0 Å². The topological polar surface area (TPSA) is 62.4 Å². The number of hydrogen-bond donors (Lipinski definition) is 1. The van der Waals surface area contributed by atoms with Crippen LogP contribution in [-0.2, 0) is 0 Å². The van der Waals surface area contributed by atoms with Crippen LogP contribution < -0.4 is 0 Å². The molecule has 4 rings (SSSR count). The second-order valence-electron chi connectivity index (χ2n) is 6.84. The number of likely N-dealkylation sites (tertiary alicyclic amines) is 1. The summed E-state index contributed by atoms with van der Waals surface area (Å²) in [6.07, 6.45) is 4.65. The molecule has 1 saturated heterocycles. The van der Waals surface area contributed by atoms with E-state index in [-0.39, 0.29) is 6.04 Å². The van der Waals surface area contributed by atoms with Gasteiger partial charge in [0.25, 0.3) is 0 Å². The van der Waals surface area contributed by atoms with Crippen LogP contribution >= 0.6 is 0 Å². The summed E-state index contributed by atoms with van der Waals surface area (Å²) in [5.74, 6) is 3.10. The first-order valence-corrected chi connectivity index (χ1v) is 8.57. The molecule has 1 aromatic carbocycles. The maximum absolute atomic E-state index is 9.41. The molecule has 5 heteroatoms. The van der Waals surface area contributed by atoms with Crippen LogP contribution in [0.1, 0.15) is 67.8 Å². The molecule has 1 unspecified atom stereocenters. The van der Waals surface area contributed by atoms with Crippen LogP contribution in [-0.4, -0.2) is 33.2 Å². The maximum Gasteiger partial charge on any atom is 0.243 e. The lowest BCUT2D eigenvalue weighted by Gasteiger charge is -2.34. The Morgan fingerprint density at radius 2 is 1.78 bits per heavy atom. The highest BCUT2D eigenvalue weighted by Gasteiger charge is 2.31. The van der Waals surface area contributed by atoms with E-state index in [4.69, 9.17) is 4.52 Å². The molecule has 1 aliphatic heterocycles. The first-order valence-electron chi connectivity index (χ1n) is 8.57. The summed E-state index contributed by atoms with van der Waals surface area (Å²) >= 11 is 0. The van der Waals surface area contributed by atoms with E-state index < -0.39 is 0 Å². The van der Waals surface area contributed by atoms with Crippen LogP contribution in [0.2, 0.25) is 0 Å². The predicted octanol–water partition coefficient (Wildman–Crippen LogP) is 3.59. The lowest BCUT2D eigenvalue weighted by Crippen LogP contribution is -2.35. The van der Waals surface area contributed by atoms with Crippen molar-refractivity contribution in [3.8, 4) is 5.75 Å².